The van der Waals surface area contributed by atoms with Crippen LogP contribution in [0, 0.1) is 10.1 Å². The van der Waals surface area contributed by atoms with E-state index in [1.807, 2.05) is 6.92 Å². The molecule has 1 rings (SSSR count). The summed E-state index contributed by atoms with van der Waals surface area (Å²) >= 11 is 2.61. The molecule has 0 spiro atoms. The summed E-state index contributed by atoms with van der Waals surface area (Å²) < 4.78 is 0.590. The molecule has 0 aliphatic rings. The molecule has 0 saturated carbocycles. The summed E-state index contributed by atoms with van der Waals surface area (Å²) in [6, 6.07) is 1.42. The number of hydrogen-bond acceptors (Lipinski definition) is 6. The van der Waals surface area contributed by atoms with Crippen molar-refractivity contribution >= 4 is 28.8 Å². The van der Waals surface area contributed by atoms with Crippen molar-refractivity contribution in [2.75, 3.05) is 6.61 Å². The summed E-state index contributed by atoms with van der Waals surface area (Å²) in [4.78, 5) is 11.0. The molecule has 0 bridgehead atoms. The van der Waals surface area contributed by atoms with E-state index >= 15 is 0 Å². The highest BCUT2D eigenvalue weighted by atomic mass is 32.2. The Bertz CT molecular complexity index is 392. The van der Waals surface area contributed by atoms with Gasteiger partial charge in [0.2, 0.25) is 0 Å². The Morgan fingerprint density at radius 1 is 1.59 bits per heavy atom. The van der Waals surface area contributed by atoms with Crippen LogP contribution in [0.25, 0.3) is 0 Å². The van der Waals surface area contributed by atoms with Gasteiger partial charge in [-0.05, 0) is 13.3 Å². The summed E-state index contributed by atoms with van der Waals surface area (Å²) in [5.41, 5.74) is 0.0423. The maximum Gasteiger partial charge on any atom is 0.294 e. The number of thiophene rings is 1. The van der Waals surface area contributed by atoms with Crippen LogP contribution in [-0.4, -0.2) is 27.0 Å². The molecule has 0 amide bonds. The number of aliphatic hydroxyl groups excluding tert-OH is 2. The monoisotopic (exact) mass is 277 g/mol. The maximum atomic E-state index is 10.9. The molecule has 1 aromatic rings. The van der Waals surface area contributed by atoms with Gasteiger partial charge in [-0.15, -0.1) is 23.1 Å². The van der Waals surface area contributed by atoms with Gasteiger partial charge in [0.1, 0.15) is 4.21 Å². The first-order chi connectivity index (χ1) is 7.95. The molecule has 5 nitrogen and oxygen atoms in total. The molecule has 7 heteroatoms. The molecule has 0 radical (unpaired) electrons. The topological polar surface area (TPSA) is 83.6 Å². The zero-order valence-electron chi connectivity index (χ0n) is 9.62. The Hall–Kier alpha value is -0.630. The van der Waals surface area contributed by atoms with Crippen LogP contribution in [0.5, 0.6) is 0 Å². The Labute approximate surface area is 108 Å². The SMILES string of the molecule is CC(CCO)Sc1sc([C@@H](C)O)cc1[N+](=O)[O-]. The maximum absolute atomic E-state index is 10.9. The van der Waals surface area contributed by atoms with E-state index in [0.29, 0.717) is 15.5 Å². The summed E-state index contributed by atoms with van der Waals surface area (Å²) in [7, 11) is 0. The molecule has 96 valence electrons. The van der Waals surface area contributed by atoms with Gasteiger partial charge >= 0.3 is 0 Å². The summed E-state index contributed by atoms with van der Waals surface area (Å²) in [6.45, 7) is 3.56. The molecule has 1 unspecified atom stereocenters. The van der Waals surface area contributed by atoms with E-state index in [1.54, 1.807) is 6.92 Å². The van der Waals surface area contributed by atoms with Crippen molar-refractivity contribution in [3.63, 3.8) is 0 Å². The van der Waals surface area contributed by atoms with E-state index in [9.17, 15) is 15.2 Å². The Morgan fingerprint density at radius 2 is 2.24 bits per heavy atom. The quantitative estimate of drug-likeness (QED) is 0.474. The molecule has 2 atom stereocenters. The fraction of sp³-hybridized carbons (Fsp3) is 0.600. The van der Waals surface area contributed by atoms with Crippen LogP contribution in [0.3, 0.4) is 0 Å². The van der Waals surface area contributed by atoms with E-state index in [1.165, 1.54) is 29.2 Å². The van der Waals surface area contributed by atoms with Crippen LogP contribution in [0.2, 0.25) is 0 Å². The number of aliphatic hydroxyl groups is 2. The molecule has 0 aromatic carbocycles. The highest BCUT2D eigenvalue weighted by Gasteiger charge is 2.22. The Balaban J connectivity index is 2.92. The molecular weight excluding hydrogens is 262 g/mol. The third-order valence-electron chi connectivity index (χ3n) is 2.15. The lowest BCUT2D eigenvalue weighted by molar-refractivity contribution is -0.387. The number of nitro groups is 1. The van der Waals surface area contributed by atoms with Crippen LogP contribution in [0.4, 0.5) is 5.69 Å². The van der Waals surface area contributed by atoms with Crippen LogP contribution < -0.4 is 0 Å². The second-order valence-corrected chi connectivity index (χ2v) is 6.49. The highest BCUT2D eigenvalue weighted by Crippen LogP contribution is 2.41. The molecule has 0 fully saturated rings. The highest BCUT2D eigenvalue weighted by molar-refractivity contribution is 8.01. The van der Waals surface area contributed by atoms with Crippen molar-refractivity contribution in [3.8, 4) is 0 Å². The first-order valence-electron chi connectivity index (χ1n) is 5.19. The third kappa shape index (κ3) is 3.95. The predicted octanol–water partition coefficient (Wildman–Crippen LogP) is 2.57. The molecule has 2 N–H and O–H groups in total. The van der Waals surface area contributed by atoms with Gasteiger partial charge in [0, 0.05) is 22.8 Å². The van der Waals surface area contributed by atoms with Gasteiger partial charge in [-0.25, -0.2) is 0 Å². The summed E-state index contributed by atoms with van der Waals surface area (Å²) in [5, 5.41) is 29.2. The molecule has 0 aliphatic carbocycles. The smallest absolute Gasteiger partial charge is 0.294 e. The largest absolute Gasteiger partial charge is 0.396 e. The van der Waals surface area contributed by atoms with E-state index in [2.05, 4.69) is 0 Å². The number of rotatable bonds is 6. The van der Waals surface area contributed by atoms with E-state index in [4.69, 9.17) is 5.11 Å². The van der Waals surface area contributed by atoms with Gasteiger partial charge in [-0.3, -0.25) is 10.1 Å². The van der Waals surface area contributed by atoms with Crippen LogP contribution in [-0.2, 0) is 0 Å². The summed E-state index contributed by atoms with van der Waals surface area (Å²) in [5.74, 6) is 0. The average molecular weight is 277 g/mol. The van der Waals surface area contributed by atoms with E-state index in [0.717, 1.165) is 0 Å². The standard InChI is InChI=1S/C10H15NO4S2/c1-6(3-4-12)16-10-8(11(14)15)5-9(17-10)7(2)13/h5-7,12-13H,3-4H2,1-2H3/t6?,7-/m1/s1. The Morgan fingerprint density at radius 3 is 2.71 bits per heavy atom. The van der Waals surface area contributed by atoms with Crippen molar-refractivity contribution in [3.05, 3.63) is 21.1 Å². The first-order valence-corrected chi connectivity index (χ1v) is 6.89. The average Bonchev–Trinajstić information content (AvgIpc) is 2.62. The van der Waals surface area contributed by atoms with Gasteiger partial charge in [0.25, 0.3) is 5.69 Å². The zero-order chi connectivity index (χ0) is 13.0. The minimum Gasteiger partial charge on any atom is -0.396 e. The van der Waals surface area contributed by atoms with Gasteiger partial charge in [-0.2, -0.15) is 0 Å². The number of nitrogens with zero attached hydrogens (tertiary/aromatic N) is 1. The molecule has 1 heterocycles. The van der Waals surface area contributed by atoms with Crippen molar-refractivity contribution in [2.24, 2.45) is 0 Å². The minimum absolute atomic E-state index is 0.0423. The van der Waals surface area contributed by atoms with Crippen molar-refractivity contribution in [1.82, 2.24) is 0 Å². The molecule has 1 aromatic heterocycles. The number of hydrogen-bond donors (Lipinski definition) is 2. The third-order valence-corrected chi connectivity index (χ3v) is 4.84. The van der Waals surface area contributed by atoms with E-state index < -0.39 is 11.0 Å². The molecular formula is C10H15NO4S2. The zero-order valence-corrected chi connectivity index (χ0v) is 11.3. The van der Waals surface area contributed by atoms with Gasteiger partial charge in [-0.1, -0.05) is 6.92 Å². The lowest BCUT2D eigenvalue weighted by Gasteiger charge is -2.06. The summed E-state index contributed by atoms with van der Waals surface area (Å²) in [6.07, 6.45) is -0.106. The van der Waals surface area contributed by atoms with Crippen LogP contribution in [0.1, 0.15) is 31.2 Å². The lowest BCUT2D eigenvalue weighted by Crippen LogP contribution is -1.99. The predicted molar refractivity (Wildman–Crippen MR) is 68.6 cm³/mol. The van der Waals surface area contributed by atoms with E-state index in [-0.39, 0.29) is 17.5 Å². The number of thioether (sulfide) groups is 1. The van der Waals surface area contributed by atoms with Gasteiger partial charge in [0.05, 0.1) is 11.0 Å². The van der Waals surface area contributed by atoms with Gasteiger partial charge < -0.3 is 10.2 Å². The lowest BCUT2D eigenvalue weighted by atomic mass is 10.3. The van der Waals surface area contributed by atoms with Gasteiger partial charge in [0.15, 0.2) is 0 Å². The van der Waals surface area contributed by atoms with Crippen LogP contribution in [0.15, 0.2) is 10.3 Å². The fourth-order valence-electron chi connectivity index (χ4n) is 1.22. The Kier molecular flexibility index (Phi) is 5.38. The second-order valence-electron chi connectivity index (χ2n) is 3.70. The second kappa shape index (κ2) is 6.34. The normalized spacial score (nSPS) is 14.6. The van der Waals surface area contributed by atoms with Crippen LogP contribution >= 0.6 is 23.1 Å². The first kappa shape index (κ1) is 14.4. The van der Waals surface area contributed by atoms with Crippen molar-refractivity contribution < 1.29 is 15.1 Å². The van der Waals surface area contributed by atoms with Crippen molar-refractivity contribution in [2.45, 2.75) is 35.8 Å². The molecule has 17 heavy (non-hydrogen) atoms. The molecule has 0 aliphatic heterocycles. The van der Waals surface area contributed by atoms with Crippen molar-refractivity contribution in [1.29, 1.82) is 0 Å². The molecule has 0 saturated heterocycles. The fourth-order valence-corrected chi connectivity index (χ4v) is 3.83. The minimum atomic E-state index is -0.693.